The number of hydrogen-bond donors (Lipinski definition) is 0. The van der Waals surface area contributed by atoms with Crippen LogP contribution in [0.5, 0.6) is 0 Å². The summed E-state index contributed by atoms with van der Waals surface area (Å²) in [5, 5.41) is 10.3. The fraction of sp³-hybridized carbons (Fsp3) is 0.476. The standard InChI is InChI=1S/C21H26N6O/c1-15(28)26-9-5-8-19(26)21-23-22-20-14-25(10-11-27(20)21)13-16-12-24(2)18-7-4-3-6-17(16)18/h3-4,6-7,12,19H,5,8-11,13-14H2,1-2H3/t19-/m1/s1. The maximum Gasteiger partial charge on any atom is 0.220 e. The van der Waals surface area contributed by atoms with Crippen LogP contribution in [0, 0.1) is 0 Å². The van der Waals surface area contributed by atoms with Crippen LogP contribution in [0.15, 0.2) is 30.5 Å². The second-order valence-corrected chi connectivity index (χ2v) is 7.99. The number of benzene rings is 1. The van der Waals surface area contributed by atoms with Crippen LogP contribution < -0.4 is 0 Å². The highest BCUT2D eigenvalue weighted by atomic mass is 16.2. The molecule has 0 bridgehead atoms. The minimum atomic E-state index is 0.0865. The Labute approximate surface area is 164 Å². The van der Waals surface area contributed by atoms with Gasteiger partial charge in [0.2, 0.25) is 5.91 Å². The number of para-hydroxylation sites is 1. The average Bonchev–Trinajstić information content (AvgIpc) is 3.39. The van der Waals surface area contributed by atoms with Gasteiger partial charge >= 0.3 is 0 Å². The molecule has 2 aromatic heterocycles. The number of carbonyl (C=O) groups is 1. The lowest BCUT2D eigenvalue weighted by molar-refractivity contribution is -0.129. The number of carbonyl (C=O) groups excluding carboxylic acids is 1. The minimum absolute atomic E-state index is 0.0865. The largest absolute Gasteiger partial charge is 0.350 e. The van der Waals surface area contributed by atoms with Gasteiger partial charge in [-0.3, -0.25) is 9.69 Å². The van der Waals surface area contributed by atoms with Crippen molar-refractivity contribution in [3.8, 4) is 0 Å². The van der Waals surface area contributed by atoms with Gasteiger partial charge in [0.25, 0.3) is 0 Å². The number of likely N-dealkylation sites (tertiary alicyclic amines) is 1. The van der Waals surface area contributed by atoms with Crippen LogP contribution in [0.4, 0.5) is 0 Å². The van der Waals surface area contributed by atoms with Gasteiger partial charge in [-0.25, -0.2) is 0 Å². The predicted molar refractivity (Wildman–Crippen MR) is 106 cm³/mol. The number of rotatable bonds is 3. The third-order valence-corrected chi connectivity index (χ3v) is 6.19. The van der Waals surface area contributed by atoms with Crippen LogP contribution in [0.3, 0.4) is 0 Å². The molecule has 0 spiro atoms. The molecular formula is C21H26N6O. The molecule has 2 aliphatic rings. The topological polar surface area (TPSA) is 59.2 Å². The Morgan fingerprint density at radius 1 is 1.18 bits per heavy atom. The molecule has 5 rings (SSSR count). The smallest absolute Gasteiger partial charge is 0.220 e. The summed E-state index contributed by atoms with van der Waals surface area (Å²) in [7, 11) is 2.10. The first-order valence-corrected chi connectivity index (χ1v) is 10.1. The highest BCUT2D eigenvalue weighted by Crippen LogP contribution is 2.32. The van der Waals surface area contributed by atoms with Gasteiger partial charge in [-0.2, -0.15) is 0 Å². The fourth-order valence-electron chi connectivity index (χ4n) is 4.82. The number of fused-ring (bicyclic) bond motifs is 2. The highest BCUT2D eigenvalue weighted by Gasteiger charge is 2.34. The normalized spacial score (nSPS) is 20.1. The zero-order chi connectivity index (χ0) is 19.3. The van der Waals surface area contributed by atoms with Crippen molar-refractivity contribution in [3.05, 3.63) is 47.7 Å². The van der Waals surface area contributed by atoms with E-state index in [1.165, 1.54) is 16.5 Å². The van der Waals surface area contributed by atoms with Crippen LogP contribution in [0.25, 0.3) is 10.9 Å². The Hall–Kier alpha value is -2.67. The maximum absolute atomic E-state index is 11.9. The minimum Gasteiger partial charge on any atom is -0.350 e. The van der Waals surface area contributed by atoms with Crippen molar-refractivity contribution in [2.45, 2.75) is 45.4 Å². The van der Waals surface area contributed by atoms with Crippen LogP contribution >= 0.6 is 0 Å². The lowest BCUT2D eigenvalue weighted by atomic mass is 10.1. The van der Waals surface area contributed by atoms with Crippen LogP contribution in [-0.4, -0.2) is 48.1 Å². The molecule has 0 N–H and O–H groups in total. The van der Waals surface area contributed by atoms with E-state index in [9.17, 15) is 4.79 Å². The van der Waals surface area contributed by atoms with Crippen molar-refractivity contribution in [3.63, 3.8) is 0 Å². The van der Waals surface area contributed by atoms with Gasteiger partial charge in [-0.05, 0) is 24.5 Å². The number of hydrogen-bond acceptors (Lipinski definition) is 4. The van der Waals surface area contributed by atoms with E-state index < -0.39 is 0 Å². The molecule has 2 aliphatic heterocycles. The van der Waals surface area contributed by atoms with Crippen molar-refractivity contribution in [2.75, 3.05) is 13.1 Å². The third kappa shape index (κ3) is 2.81. The van der Waals surface area contributed by atoms with Crippen LogP contribution in [0.2, 0.25) is 0 Å². The number of aryl methyl sites for hydroxylation is 1. The van der Waals surface area contributed by atoms with Gasteiger partial charge in [0.15, 0.2) is 5.82 Å². The summed E-state index contributed by atoms with van der Waals surface area (Å²) in [4.78, 5) is 16.3. The Balaban J connectivity index is 1.36. The molecule has 0 radical (unpaired) electrons. The zero-order valence-corrected chi connectivity index (χ0v) is 16.5. The Morgan fingerprint density at radius 2 is 2.04 bits per heavy atom. The number of aromatic nitrogens is 4. The molecule has 7 heteroatoms. The van der Waals surface area contributed by atoms with Gasteiger partial charge in [-0.15, -0.1) is 10.2 Å². The molecule has 0 aliphatic carbocycles. The molecule has 1 fully saturated rings. The zero-order valence-electron chi connectivity index (χ0n) is 16.5. The first kappa shape index (κ1) is 17.4. The molecule has 1 atom stereocenters. The van der Waals surface area contributed by atoms with Crippen LogP contribution in [-0.2, 0) is 31.5 Å². The summed E-state index contributed by atoms with van der Waals surface area (Å²) >= 11 is 0. The summed E-state index contributed by atoms with van der Waals surface area (Å²) in [5.74, 6) is 2.11. The SMILES string of the molecule is CC(=O)N1CCC[C@@H]1c1nnc2n1CCN(Cc1cn(C)c3ccccc13)C2. The Morgan fingerprint density at radius 3 is 2.89 bits per heavy atom. The summed E-state index contributed by atoms with van der Waals surface area (Å²) in [6, 6.07) is 8.65. The van der Waals surface area contributed by atoms with Crippen molar-refractivity contribution >= 4 is 16.8 Å². The fourth-order valence-corrected chi connectivity index (χ4v) is 4.82. The predicted octanol–water partition coefficient (Wildman–Crippen LogP) is 2.47. The van der Waals surface area contributed by atoms with Gasteiger partial charge in [0.05, 0.1) is 12.6 Å². The molecular weight excluding hydrogens is 352 g/mol. The maximum atomic E-state index is 11.9. The molecule has 7 nitrogen and oxygen atoms in total. The van der Waals surface area contributed by atoms with E-state index in [1.54, 1.807) is 6.92 Å². The molecule has 1 saturated heterocycles. The van der Waals surface area contributed by atoms with Gasteiger partial charge < -0.3 is 14.0 Å². The van der Waals surface area contributed by atoms with E-state index in [2.05, 4.69) is 61.7 Å². The van der Waals surface area contributed by atoms with E-state index >= 15 is 0 Å². The van der Waals surface area contributed by atoms with Gasteiger partial charge in [0.1, 0.15) is 5.82 Å². The lowest BCUT2D eigenvalue weighted by Gasteiger charge is -2.29. The molecule has 3 aromatic rings. The highest BCUT2D eigenvalue weighted by molar-refractivity contribution is 5.83. The van der Waals surface area contributed by atoms with Crippen molar-refractivity contribution in [1.82, 2.24) is 29.1 Å². The van der Waals surface area contributed by atoms with Gasteiger partial charge in [-0.1, -0.05) is 18.2 Å². The Kier molecular flexibility index (Phi) is 4.19. The van der Waals surface area contributed by atoms with E-state index in [1.807, 2.05) is 4.90 Å². The second kappa shape index (κ2) is 6.74. The quantitative estimate of drug-likeness (QED) is 0.703. The summed E-state index contributed by atoms with van der Waals surface area (Å²) < 4.78 is 4.44. The van der Waals surface area contributed by atoms with E-state index in [0.717, 1.165) is 57.2 Å². The molecule has 4 heterocycles. The average molecular weight is 378 g/mol. The summed E-state index contributed by atoms with van der Waals surface area (Å²) in [6.45, 7) is 6.03. The molecule has 1 amide bonds. The first-order valence-electron chi connectivity index (χ1n) is 10.1. The second-order valence-electron chi connectivity index (χ2n) is 7.99. The summed E-state index contributed by atoms with van der Waals surface area (Å²) in [5.41, 5.74) is 2.62. The van der Waals surface area contributed by atoms with Crippen molar-refractivity contribution in [2.24, 2.45) is 7.05 Å². The molecule has 0 unspecified atom stereocenters. The van der Waals surface area contributed by atoms with Crippen molar-refractivity contribution in [1.29, 1.82) is 0 Å². The first-order chi connectivity index (χ1) is 13.6. The van der Waals surface area contributed by atoms with E-state index in [0.29, 0.717) is 0 Å². The van der Waals surface area contributed by atoms with Crippen LogP contribution in [0.1, 0.15) is 43.0 Å². The van der Waals surface area contributed by atoms with E-state index in [4.69, 9.17) is 0 Å². The van der Waals surface area contributed by atoms with Crippen molar-refractivity contribution < 1.29 is 4.79 Å². The molecule has 146 valence electrons. The number of amides is 1. The molecule has 0 saturated carbocycles. The Bertz CT molecular complexity index is 1030. The van der Waals surface area contributed by atoms with E-state index in [-0.39, 0.29) is 11.9 Å². The summed E-state index contributed by atoms with van der Waals surface area (Å²) in [6.07, 6.45) is 4.26. The molecule has 28 heavy (non-hydrogen) atoms. The lowest BCUT2D eigenvalue weighted by Crippen LogP contribution is -2.36. The third-order valence-electron chi connectivity index (χ3n) is 6.19. The molecule has 1 aromatic carbocycles. The monoisotopic (exact) mass is 378 g/mol. The number of nitrogens with zero attached hydrogens (tertiary/aromatic N) is 6. The van der Waals surface area contributed by atoms with Gasteiger partial charge in [0, 0.05) is 57.3 Å².